The van der Waals surface area contributed by atoms with Crippen LogP contribution in [-0.2, 0) is 44.9 Å². The highest BCUT2D eigenvalue weighted by atomic mass is 16.4. The second-order valence-corrected chi connectivity index (χ2v) is 11.9. The molecule has 17 nitrogen and oxygen atoms in total. The molecule has 4 atom stereocenters. The highest BCUT2D eigenvalue weighted by molar-refractivity contribution is 5.95. The van der Waals surface area contributed by atoms with Crippen molar-refractivity contribution in [2.75, 3.05) is 17.2 Å². The Hall–Kier alpha value is -6.53. The Morgan fingerprint density at radius 2 is 0.926 bits per heavy atom. The number of amidine groups is 1. The first-order chi connectivity index (χ1) is 25.3. The van der Waals surface area contributed by atoms with Crippen LogP contribution in [0.5, 0.6) is 0 Å². The minimum Gasteiger partial charge on any atom is -0.480 e. The molecule has 0 amide bonds. The molecule has 4 aromatic carbocycles. The van der Waals surface area contributed by atoms with Crippen LogP contribution in [0.1, 0.15) is 27.8 Å². The van der Waals surface area contributed by atoms with Crippen molar-refractivity contribution >= 4 is 46.8 Å². The van der Waals surface area contributed by atoms with E-state index >= 15 is 0 Å². The van der Waals surface area contributed by atoms with E-state index in [1.807, 2.05) is 0 Å². The van der Waals surface area contributed by atoms with E-state index in [9.17, 15) is 19.2 Å². The zero-order valence-corrected chi connectivity index (χ0v) is 29.4. The number of carboxylic acid groups (broad SMARTS) is 4. The number of nitrogen functional groups attached to an aromatic ring is 4. The summed E-state index contributed by atoms with van der Waals surface area (Å²) >= 11 is 0. The maximum absolute atomic E-state index is 10.5. The summed E-state index contributed by atoms with van der Waals surface area (Å²) in [7, 11) is 0. The molecule has 0 unspecified atom stereocenters. The number of carbonyl (C=O) groups is 4. The zero-order chi connectivity index (χ0) is 41.0. The van der Waals surface area contributed by atoms with Gasteiger partial charge >= 0.3 is 23.9 Å². The van der Waals surface area contributed by atoms with Gasteiger partial charge in [0.15, 0.2) is 0 Å². The van der Waals surface area contributed by atoms with Crippen LogP contribution in [0, 0.1) is 5.41 Å². The highest BCUT2D eigenvalue weighted by Crippen LogP contribution is 2.12. The van der Waals surface area contributed by atoms with Gasteiger partial charge in [0.2, 0.25) is 0 Å². The SMILES string of the molecule is N=C(N)c1cccc(C[C@H](N)C(=O)O)c1.Nc1ccc(C[C@H](N)C(=O)O)cc1.Nc1cccc(C[C@H](N)C(=O)O)c1.Nc1ccccc1C[C@H](N)C(=O)O. The number of anilines is 3. The molecule has 0 aliphatic carbocycles. The fourth-order valence-corrected chi connectivity index (χ4v) is 4.31. The second-order valence-electron chi connectivity index (χ2n) is 11.9. The first-order valence-electron chi connectivity index (χ1n) is 16.2. The summed E-state index contributed by atoms with van der Waals surface area (Å²) in [5.41, 5.74) is 49.1. The Morgan fingerprint density at radius 3 is 1.37 bits per heavy atom. The molecule has 0 saturated carbocycles. The highest BCUT2D eigenvalue weighted by Gasteiger charge is 2.14. The van der Waals surface area contributed by atoms with Gasteiger partial charge in [0.1, 0.15) is 30.0 Å². The van der Waals surface area contributed by atoms with Gasteiger partial charge in [-0.3, -0.25) is 24.6 Å². The standard InChI is InChI=1S/C10H13N3O2.3C9H12N2O2/c11-8(10(14)15)5-6-2-1-3-7(4-6)9(12)13;10-7-3-1-6(2-4-7)5-8(11)9(12)13;10-7-3-1-2-6(4-7)5-8(11)9(12)13;10-7-4-2-1-3-6(7)5-8(11)9(12)13/h1-4,8H,5,11H2,(H3,12,13)(H,14,15);3*1-4,8H,5,10-11H2,(H,12,13)/t4*8-/m0000/s1. The lowest BCUT2D eigenvalue weighted by Crippen LogP contribution is -2.32. The molecule has 21 N–H and O–H groups in total. The van der Waals surface area contributed by atoms with Crippen LogP contribution >= 0.6 is 0 Å². The quantitative estimate of drug-likeness (QED) is 0.0505. The summed E-state index contributed by atoms with van der Waals surface area (Å²) in [6.07, 6.45) is 1.13. The molecule has 0 aromatic heterocycles. The molecule has 0 aliphatic heterocycles. The molecular formula is C37H49N9O8. The lowest BCUT2D eigenvalue weighted by molar-refractivity contribution is -0.139. The number of hydrogen-bond donors (Lipinski definition) is 13. The van der Waals surface area contributed by atoms with Crippen molar-refractivity contribution in [2.24, 2.45) is 28.7 Å². The van der Waals surface area contributed by atoms with Crippen molar-refractivity contribution in [1.29, 1.82) is 5.41 Å². The maximum Gasteiger partial charge on any atom is 0.320 e. The van der Waals surface area contributed by atoms with Gasteiger partial charge < -0.3 is 66.3 Å². The summed E-state index contributed by atoms with van der Waals surface area (Å²) in [5.74, 6) is -4.08. The number of rotatable bonds is 13. The Bertz CT molecular complexity index is 1840. The first-order valence-corrected chi connectivity index (χ1v) is 16.2. The maximum atomic E-state index is 10.5. The lowest BCUT2D eigenvalue weighted by atomic mass is 10.0. The molecule has 4 aromatic rings. The molecule has 54 heavy (non-hydrogen) atoms. The number of carboxylic acids is 4. The molecule has 290 valence electrons. The van der Waals surface area contributed by atoms with Crippen LogP contribution in [0.3, 0.4) is 0 Å². The number of nitrogens with two attached hydrogens (primary N) is 8. The van der Waals surface area contributed by atoms with Crippen molar-refractivity contribution in [2.45, 2.75) is 49.9 Å². The fourth-order valence-electron chi connectivity index (χ4n) is 4.31. The number of para-hydroxylation sites is 1. The van der Waals surface area contributed by atoms with Crippen LogP contribution in [0.4, 0.5) is 17.1 Å². The minimum atomic E-state index is -1.04. The van der Waals surface area contributed by atoms with Gasteiger partial charge in [-0.15, -0.1) is 0 Å². The van der Waals surface area contributed by atoms with Gasteiger partial charge in [0, 0.05) is 29.0 Å². The van der Waals surface area contributed by atoms with Crippen molar-refractivity contribution in [3.63, 3.8) is 0 Å². The van der Waals surface area contributed by atoms with E-state index < -0.39 is 48.0 Å². The largest absolute Gasteiger partial charge is 0.480 e. The fraction of sp³-hybridized carbons (Fsp3) is 0.216. The Labute approximate surface area is 312 Å². The Morgan fingerprint density at radius 1 is 0.500 bits per heavy atom. The molecule has 0 radical (unpaired) electrons. The molecule has 4 rings (SSSR count). The average molecular weight is 748 g/mol. The summed E-state index contributed by atoms with van der Waals surface area (Å²) in [6, 6.07) is 24.5. The monoisotopic (exact) mass is 747 g/mol. The molecule has 0 bridgehead atoms. The number of aliphatic carboxylic acids is 4. The topological polar surface area (TPSA) is 381 Å². The second kappa shape index (κ2) is 23.1. The average Bonchev–Trinajstić information content (AvgIpc) is 3.11. The molecule has 0 heterocycles. The van der Waals surface area contributed by atoms with Crippen molar-refractivity contribution in [3.8, 4) is 0 Å². The van der Waals surface area contributed by atoms with E-state index in [4.69, 9.17) is 71.7 Å². The Kier molecular flexibility index (Phi) is 19.5. The minimum absolute atomic E-state index is 0.0410. The van der Waals surface area contributed by atoms with E-state index in [0.29, 0.717) is 35.5 Å². The van der Waals surface area contributed by atoms with E-state index in [1.165, 1.54) is 0 Å². The molecule has 0 saturated heterocycles. The van der Waals surface area contributed by atoms with Crippen LogP contribution in [0.2, 0.25) is 0 Å². The smallest absolute Gasteiger partial charge is 0.320 e. The van der Waals surface area contributed by atoms with Crippen LogP contribution in [0.15, 0.2) is 97.1 Å². The molecule has 0 aliphatic rings. The van der Waals surface area contributed by atoms with Gasteiger partial charge in [-0.2, -0.15) is 0 Å². The number of nitrogens with one attached hydrogen (secondary N) is 1. The van der Waals surface area contributed by atoms with Gasteiger partial charge in [0.05, 0.1) is 0 Å². The third-order valence-electron chi connectivity index (χ3n) is 7.30. The van der Waals surface area contributed by atoms with Crippen LogP contribution in [-0.4, -0.2) is 74.3 Å². The summed E-state index contributed by atoms with van der Waals surface area (Å²) in [6.45, 7) is 0. The van der Waals surface area contributed by atoms with Gasteiger partial charge in [-0.05, 0) is 77.9 Å². The summed E-state index contributed by atoms with van der Waals surface area (Å²) in [5, 5.41) is 41.5. The van der Waals surface area contributed by atoms with E-state index in [0.717, 1.165) is 22.3 Å². The number of benzene rings is 4. The first kappa shape index (κ1) is 45.5. The third kappa shape index (κ3) is 18.1. The zero-order valence-electron chi connectivity index (χ0n) is 29.4. The van der Waals surface area contributed by atoms with E-state index in [1.54, 1.807) is 97.1 Å². The van der Waals surface area contributed by atoms with Crippen molar-refractivity contribution in [1.82, 2.24) is 0 Å². The predicted octanol–water partition coefficient (Wildman–Crippen LogP) is 0.595. The summed E-state index contributed by atoms with van der Waals surface area (Å²) < 4.78 is 0. The predicted molar refractivity (Wildman–Crippen MR) is 207 cm³/mol. The van der Waals surface area contributed by atoms with Gasteiger partial charge in [0.25, 0.3) is 0 Å². The van der Waals surface area contributed by atoms with E-state index in [-0.39, 0.29) is 18.7 Å². The van der Waals surface area contributed by atoms with E-state index in [2.05, 4.69) is 0 Å². The van der Waals surface area contributed by atoms with Crippen LogP contribution < -0.4 is 45.9 Å². The molecule has 0 spiro atoms. The van der Waals surface area contributed by atoms with Gasteiger partial charge in [-0.25, -0.2) is 0 Å². The summed E-state index contributed by atoms with van der Waals surface area (Å²) in [4.78, 5) is 41.8. The van der Waals surface area contributed by atoms with Crippen LogP contribution in [0.25, 0.3) is 0 Å². The Balaban J connectivity index is 0.000000361. The third-order valence-corrected chi connectivity index (χ3v) is 7.30. The molecule has 0 fully saturated rings. The van der Waals surface area contributed by atoms with Gasteiger partial charge in [-0.1, -0.05) is 60.7 Å². The number of hydrogen-bond acceptors (Lipinski definition) is 12. The lowest BCUT2D eigenvalue weighted by Gasteiger charge is -2.08. The molecular weight excluding hydrogens is 698 g/mol. The molecule has 17 heteroatoms. The normalized spacial score (nSPS) is 12.3. The van der Waals surface area contributed by atoms with Crippen molar-refractivity contribution in [3.05, 3.63) is 125 Å². The van der Waals surface area contributed by atoms with Crippen molar-refractivity contribution < 1.29 is 39.6 Å².